The number of aliphatic imine (C=N–C) groups is 2. The van der Waals surface area contributed by atoms with Gasteiger partial charge in [0.25, 0.3) is 11.8 Å². The molecular formula is C47H65Cl2N17O5. The number of carbonyl (C=O) groups is 4. The van der Waals surface area contributed by atoms with Crippen molar-refractivity contribution in [2.45, 2.75) is 77.6 Å². The first kappa shape index (κ1) is 54.7. The van der Waals surface area contributed by atoms with Crippen molar-refractivity contribution in [1.29, 1.82) is 0 Å². The minimum atomic E-state index is -0.742. The summed E-state index contributed by atoms with van der Waals surface area (Å²) in [5.74, 6) is -2.35. The first-order chi connectivity index (χ1) is 34.0. The highest BCUT2D eigenvalue weighted by atomic mass is 35.5. The standard InChI is InChI=1S/C47H65Cl2N17O5/c1-2-17-46(18-15-30-11-5-3-6-12-30,28-58-42(54)64-40(67)32-36(50)62-38(52)34(48)60-32)22-27-71-45(70)57-24-10-9-23-56-44(69)66-25-20-47(21-26-66,19-16-31-13-7-4-8-14-31)29-59-43(55)65-41(68)33-37(51)63-39(53)35(49)61-33/h3-8,11-14H,2,9-10,15-29H2,1H3,(H,56,69)(H,57,70)(H4,50,52,62)(H4,51,53,63)(H3,54,58,64,67)(H3,55,59,65,68). The molecule has 2 aromatic heterocycles. The number of nitrogens with zero attached hydrogens (tertiary/aromatic N) is 7. The van der Waals surface area contributed by atoms with Gasteiger partial charge in [-0.2, -0.15) is 0 Å². The van der Waals surface area contributed by atoms with E-state index in [9.17, 15) is 19.2 Å². The van der Waals surface area contributed by atoms with Crippen molar-refractivity contribution >= 4 is 82.3 Å². The number of ether oxygens (including phenoxy) is 1. The molecule has 0 saturated carbocycles. The zero-order valence-corrected chi connectivity index (χ0v) is 41.4. The second kappa shape index (κ2) is 26.7. The molecule has 1 aliphatic heterocycles. The van der Waals surface area contributed by atoms with Gasteiger partial charge < -0.3 is 54.7 Å². The number of unbranched alkanes of at least 4 members (excludes halogenated alkanes) is 1. The average molecular weight is 1020 g/mol. The van der Waals surface area contributed by atoms with Gasteiger partial charge in [-0.15, -0.1) is 0 Å². The number of hydrogen-bond acceptors (Lipinski definition) is 15. The minimum absolute atomic E-state index is 0.102. The van der Waals surface area contributed by atoms with Crippen LogP contribution >= 0.6 is 23.2 Å². The maximum Gasteiger partial charge on any atom is 0.407 e. The van der Waals surface area contributed by atoms with Gasteiger partial charge in [-0.3, -0.25) is 30.2 Å². The van der Waals surface area contributed by atoms with E-state index in [4.69, 9.17) is 62.3 Å². The van der Waals surface area contributed by atoms with Crippen LogP contribution in [-0.2, 0) is 17.6 Å². The van der Waals surface area contributed by atoms with Crippen molar-refractivity contribution in [3.8, 4) is 0 Å². The summed E-state index contributed by atoms with van der Waals surface area (Å²) < 4.78 is 5.64. The van der Waals surface area contributed by atoms with E-state index in [0.717, 1.165) is 37.7 Å². The molecule has 382 valence electrons. The van der Waals surface area contributed by atoms with Crippen LogP contribution in [0.15, 0.2) is 70.6 Å². The fourth-order valence-corrected chi connectivity index (χ4v) is 8.49. The summed E-state index contributed by atoms with van der Waals surface area (Å²) >= 11 is 11.9. The topological polar surface area (TPSA) is 361 Å². The molecule has 16 N–H and O–H groups in total. The number of hydrogen-bond donors (Lipinski definition) is 10. The Labute approximate surface area is 422 Å². The smallest absolute Gasteiger partial charge is 0.407 e. The van der Waals surface area contributed by atoms with Crippen LogP contribution in [0.5, 0.6) is 0 Å². The number of nitrogen functional groups attached to an aromatic ring is 4. The number of nitrogens with two attached hydrogens (primary N) is 6. The molecule has 71 heavy (non-hydrogen) atoms. The number of benzene rings is 2. The molecule has 1 fully saturated rings. The Morgan fingerprint density at radius 3 is 1.77 bits per heavy atom. The number of amides is 5. The third-order valence-corrected chi connectivity index (χ3v) is 12.9. The van der Waals surface area contributed by atoms with Crippen molar-refractivity contribution in [3.05, 3.63) is 93.5 Å². The van der Waals surface area contributed by atoms with Gasteiger partial charge in [-0.1, -0.05) is 97.2 Å². The summed E-state index contributed by atoms with van der Waals surface area (Å²) in [6, 6.07) is 20.0. The summed E-state index contributed by atoms with van der Waals surface area (Å²) in [6.07, 6.45) is 7.11. The zero-order chi connectivity index (χ0) is 51.4. The highest BCUT2D eigenvalue weighted by Crippen LogP contribution is 2.37. The molecule has 24 heteroatoms. The first-order valence-electron chi connectivity index (χ1n) is 23.4. The van der Waals surface area contributed by atoms with Crippen LogP contribution in [0.4, 0.5) is 32.9 Å². The largest absolute Gasteiger partial charge is 0.450 e. The molecule has 0 radical (unpaired) electrons. The number of piperidine rings is 1. The molecule has 1 atom stereocenters. The molecule has 22 nitrogen and oxygen atoms in total. The van der Waals surface area contributed by atoms with Crippen LogP contribution in [0.3, 0.4) is 0 Å². The molecule has 5 amide bonds. The molecule has 5 rings (SSSR count). The predicted octanol–water partition coefficient (Wildman–Crippen LogP) is 4.43. The lowest BCUT2D eigenvalue weighted by molar-refractivity contribution is 0.0963. The van der Waals surface area contributed by atoms with Crippen LogP contribution < -0.4 is 55.7 Å². The zero-order valence-electron chi connectivity index (χ0n) is 39.9. The molecule has 0 aliphatic carbocycles. The van der Waals surface area contributed by atoms with E-state index in [1.165, 1.54) is 5.56 Å². The third kappa shape index (κ3) is 17.0. The third-order valence-electron chi connectivity index (χ3n) is 12.4. The number of urea groups is 1. The Balaban J connectivity index is 1.06. The van der Waals surface area contributed by atoms with Gasteiger partial charge in [0.2, 0.25) is 0 Å². The molecule has 1 unspecified atom stereocenters. The molecule has 0 bridgehead atoms. The van der Waals surface area contributed by atoms with Gasteiger partial charge in [0.1, 0.15) is 0 Å². The van der Waals surface area contributed by atoms with Gasteiger partial charge in [-0.05, 0) is 86.2 Å². The SMILES string of the molecule is CCCC(CCOC(=O)NCCCCNC(=O)N1CCC(CCc2ccccc2)(CN=C(N)NC(=O)c2nc(Cl)c(N)nc2N)CC1)(CCc1ccccc1)CN=C(N)NC(=O)c1nc(Cl)c(N)nc1N. The number of anilines is 4. The summed E-state index contributed by atoms with van der Waals surface area (Å²) in [6.45, 7) is 4.52. The molecule has 4 aromatic rings. The first-order valence-corrected chi connectivity index (χ1v) is 24.2. The number of alkyl carbamates (subject to hydrolysis) is 1. The fourth-order valence-electron chi connectivity index (χ4n) is 8.23. The number of rotatable bonds is 22. The Morgan fingerprint density at radius 2 is 1.23 bits per heavy atom. The fraction of sp³-hybridized carbons (Fsp3) is 0.447. The highest BCUT2D eigenvalue weighted by molar-refractivity contribution is 6.32. The molecule has 1 aliphatic rings. The van der Waals surface area contributed by atoms with E-state index in [0.29, 0.717) is 71.2 Å². The van der Waals surface area contributed by atoms with Crippen molar-refractivity contribution in [3.63, 3.8) is 0 Å². The van der Waals surface area contributed by atoms with E-state index < -0.39 is 23.3 Å². The number of guanidine groups is 2. The van der Waals surface area contributed by atoms with Crippen LogP contribution in [0.2, 0.25) is 10.3 Å². The second-order valence-electron chi connectivity index (χ2n) is 17.5. The number of nitrogens with one attached hydrogen (secondary N) is 4. The quantitative estimate of drug-likeness (QED) is 0.0296. The van der Waals surface area contributed by atoms with Crippen LogP contribution in [-0.4, -0.2) is 107 Å². The summed E-state index contributed by atoms with van der Waals surface area (Å²) in [7, 11) is 0. The maximum absolute atomic E-state index is 13.3. The molecule has 2 aromatic carbocycles. The van der Waals surface area contributed by atoms with Gasteiger partial charge in [0.05, 0.1) is 6.61 Å². The summed E-state index contributed by atoms with van der Waals surface area (Å²) in [4.78, 5) is 78.2. The van der Waals surface area contributed by atoms with Crippen LogP contribution in [0.25, 0.3) is 0 Å². The van der Waals surface area contributed by atoms with Gasteiger partial charge >= 0.3 is 12.1 Å². The van der Waals surface area contributed by atoms with Gasteiger partial charge in [-0.25, -0.2) is 29.5 Å². The molecule has 1 saturated heterocycles. The van der Waals surface area contributed by atoms with Crippen molar-refractivity contribution < 1.29 is 23.9 Å². The predicted molar refractivity (Wildman–Crippen MR) is 276 cm³/mol. The number of carbonyl (C=O) groups excluding carboxylic acids is 4. The lowest BCUT2D eigenvalue weighted by Gasteiger charge is -2.41. The minimum Gasteiger partial charge on any atom is -0.450 e. The van der Waals surface area contributed by atoms with Crippen molar-refractivity contribution in [2.24, 2.45) is 32.3 Å². The van der Waals surface area contributed by atoms with E-state index >= 15 is 0 Å². The van der Waals surface area contributed by atoms with Crippen molar-refractivity contribution in [1.82, 2.24) is 46.1 Å². The number of aryl methyl sites for hydroxylation is 2. The summed E-state index contributed by atoms with van der Waals surface area (Å²) in [5.41, 5.74) is 36.4. The lowest BCUT2D eigenvalue weighted by atomic mass is 9.74. The van der Waals surface area contributed by atoms with E-state index in [1.54, 1.807) is 4.90 Å². The average Bonchev–Trinajstić information content (AvgIpc) is 3.35. The molecule has 0 spiro atoms. The summed E-state index contributed by atoms with van der Waals surface area (Å²) in [5, 5.41) is 10.5. The van der Waals surface area contributed by atoms with Gasteiger partial charge in [0.15, 0.2) is 56.9 Å². The van der Waals surface area contributed by atoms with E-state index in [2.05, 4.69) is 82.4 Å². The molecule has 3 heterocycles. The van der Waals surface area contributed by atoms with Crippen LogP contribution in [0.1, 0.15) is 96.8 Å². The Morgan fingerprint density at radius 1 is 0.704 bits per heavy atom. The monoisotopic (exact) mass is 1020 g/mol. The van der Waals surface area contributed by atoms with E-state index in [-0.39, 0.29) is 81.5 Å². The van der Waals surface area contributed by atoms with Crippen LogP contribution in [0, 0.1) is 10.8 Å². The Kier molecular flexibility index (Phi) is 20.6. The lowest BCUT2D eigenvalue weighted by Crippen LogP contribution is -2.49. The number of aromatic nitrogens is 4. The second-order valence-corrected chi connectivity index (χ2v) is 18.3. The Hall–Kier alpha value is -7.20. The highest BCUT2D eigenvalue weighted by Gasteiger charge is 2.36. The number of halogens is 2. The normalized spacial score (nSPS) is 14.5. The van der Waals surface area contributed by atoms with Crippen molar-refractivity contribution in [2.75, 3.05) is 68.8 Å². The number of likely N-dealkylation sites (tertiary alicyclic amines) is 1. The maximum atomic E-state index is 13.3. The molecular weight excluding hydrogens is 954 g/mol. The van der Waals surface area contributed by atoms with Gasteiger partial charge in [0, 0.05) is 39.3 Å². The van der Waals surface area contributed by atoms with E-state index in [1.807, 2.05) is 36.4 Å². The Bertz CT molecular complexity index is 2490.